The van der Waals surface area contributed by atoms with Crippen molar-refractivity contribution in [2.75, 3.05) is 6.26 Å². The molecule has 0 spiro atoms. The number of rotatable bonds is 4. The number of thioether (sulfide) groups is 1. The van der Waals surface area contributed by atoms with E-state index in [1.165, 1.54) is 30.4 Å². The van der Waals surface area contributed by atoms with Crippen LogP contribution in [-0.4, -0.2) is 21.2 Å². The van der Waals surface area contributed by atoms with E-state index >= 15 is 0 Å². The summed E-state index contributed by atoms with van der Waals surface area (Å²) < 4.78 is 14.6. The largest absolute Gasteiger partial charge is 0.259 e. The minimum Gasteiger partial charge on any atom is -0.259 e. The van der Waals surface area contributed by atoms with Crippen LogP contribution in [0, 0.1) is 0 Å². The molecule has 0 aliphatic carbocycles. The first-order valence-electron chi connectivity index (χ1n) is 5.18. The minimum absolute atomic E-state index is 0.0706. The standard InChI is InChI=1S/C11H10Cl2FN3S2/c1-18-9-2-5-16-8(11(9)12)6-19(13,14)10-3-4-15-7-17-10/h2-5,7H,6H2,1H3. The van der Waals surface area contributed by atoms with Gasteiger partial charge in [-0.05, 0) is 29.1 Å². The van der Waals surface area contributed by atoms with Crippen LogP contribution < -0.4 is 0 Å². The molecule has 0 aliphatic rings. The summed E-state index contributed by atoms with van der Waals surface area (Å²) in [6, 6.07) is 3.25. The lowest BCUT2D eigenvalue weighted by molar-refractivity contribution is 0.869. The van der Waals surface area contributed by atoms with Gasteiger partial charge in [-0.1, -0.05) is 11.6 Å². The van der Waals surface area contributed by atoms with Crippen LogP contribution >= 0.6 is 43.7 Å². The SMILES string of the molecule is CSc1ccnc(CS(F)(Cl)c2ccncn2)c1Cl. The van der Waals surface area contributed by atoms with Gasteiger partial charge in [0.2, 0.25) is 0 Å². The number of hydrogen-bond acceptors (Lipinski definition) is 4. The van der Waals surface area contributed by atoms with Crippen LogP contribution in [0.4, 0.5) is 3.89 Å². The first-order valence-corrected chi connectivity index (χ1v) is 9.31. The van der Waals surface area contributed by atoms with E-state index in [1.54, 1.807) is 12.3 Å². The summed E-state index contributed by atoms with van der Waals surface area (Å²) >= 11 is 7.65. The number of nitrogens with zero attached hydrogens (tertiary/aromatic N) is 3. The topological polar surface area (TPSA) is 38.7 Å². The van der Waals surface area contributed by atoms with Crippen molar-refractivity contribution < 1.29 is 3.89 Å². The van der Waals surface area contributed by atoms with Gasteiger partial charge in [0.05, 0.1) is 16.5 Å². The summed E-state index contributed by atoms with van der Waals surface area (Å²) in [6.45, 7) is 0. The van der Waals surface area contributed by atoms with Gasteiger partial charge in [0, 0.05) is 26.9 Å². The summed E-state index contributed by atoms with van der Waals surface area (Å²) in [5.41, 5.74) is 0.444. The number of aromatic nitrogens is 3. The molecule has 19 heavy (non-hydrogen) atoms. The Balaban J connectivity index is 2.31. The molecule has 0 saturated heterocycles. The molecule has 0 aliphatic heterocycles. The van der Waals surface area contributed by atoms with Crippen molar-refractivity contribution in [1.29, 1.82) is 0 Å². The molecule has 102 valence electrons. The molecule has 1 atom stereocenters. The van der Waals surface area contributed by atoms with E-state index < -0.39 is 9.63 Å². The Kier molecular flexibility index (Phi) is 4.89. The van der Waals surface area contributed by atoms with Crippen LogP contribution in [0.5, 0.6) is 0 Å². The molecule has 0 N–H and O–H groups in total. The highest BCUT2D eigenvalue weighted by molar-refractivity contribution is 8.46. The Hall–Kier alpha value is -0.560. The Bertz CT molecular complexity index is 569. The Morgan fingerprint density at radius 1 is 1.32 bits per heavy atom. The average molecular weight is 338 g/mol. The van der Waals surface area contributed by atoms with E-state index in [0.29, 0.717) is 10.7 Å². The zero-order chi connectivity index (χ0) is 13.9. The number of pyridine rings is 1. The van der Waals surface area contributed by atoms with E-state index in [2.05, 4.69) is 15.0 Å². The van der Waals surface area contributed by atoms with Crippen molar-refractivity contribution >= 4 is 43.7 Å². The van der Waals surface area contributed by atoms with Crippen LogP contribution in [0.2, 0.25) is 5.02 Å². The monoisotopic (exact) mass is 337 g/mol. The van der Waals surface area contributed by atoms with Crippen LogP contribution in [0.15, 0.2) is 40.8 Å². The van der Waals surface area contributed by atoms with Crippen molar-refractivity contribution in [2.45, 2.75) is 15.7 Å². The van der Waals surface area contributed by atoms with Crippen molar-refractivity contribution in [3.05, 3.63) is 41.6 Å². The highest BCUT2D eigenvalue weighted by Crippen LogP contribution is 2.63. The third-order valence-electron chi connectivity index (χ3n) is 2.32. The van der Waals surface area contributed by atoms with Crippen LogP contribution in [0.1, 0.15) is 5.69 Å². The number of halogens is 3. The van der Waals surface area contributed by atoms with Gasteiger partial charge in [-0.2, -0.15) is 3.89 Å². The lowest BCUT2D eigenvalue weighted by Gasteiger charge is -2.21. The summed E-state index contributed by atoms with van der Waals surface area (Å²) in [5, 5.41) is 0.621. The maximum Gasteiger partial charge on any atom is 0.123 e. The lowest BCUT2D eigenvalue weighted by Crippen LogP contribution is -1.99. The molecule has 2 heterocycles. The second-order valence-electron chi connectivity index (χ2n) is 3.54. The first kappa shape index (κ1) is 14.8. The van der Waals surface area contributed by atoms with Crippen molar-refractivity contribution in [3.8, 4) is 0 Å². The molecule has 3 nitrogen and oxygen atoms in total. The normalized spacial score (nSPS) is 15.8. The molecule has 0 saturated carbocycles. The minimum atomic E-state index is -3.10. The molecule has 0 aromatic carbocycles. The van der Waals surface area contributed by atoms with Crippen LogP contribution in [0.25, 0.3) is 0 Å². The molecule has 2 rings (SSSR count). The number of hydrogen-bond donors (Lipinski definition) is 0. The lowest BCUT2D eigenvalue weighted by atomic mass is 10.4. The summed E-state index contributed by atoms with van der Waals surface area (Å²) in [4.78, 5) is 12.6. The highest BCUT2D eigenvalue weighted by atomic mass is 35.7. The second kappa shape index (κ2) is 6.26. The maximum atomic E-state index is 14.6. The smallest absolute Gasteiger partial charge is 0.123 e. The van der Waals surface area contributed by atoms with E-state index in [4.69, 9.17) is 22.3 Å². The molecule has 1 unspecified atom stereocenters. The summed E-state index contributed by atoms with van der Waals surface area (Å²) in [6.07, 6.45) is 6.22. The zero-order valence-corrected chi connectivity index (χ0v) is 13.0. The van der Waals surface area contributed by atoms with E-state index in [1.807, 2.05) is 6.26 Å². The van der Waals surface area contributed by atoms with Crippen LogP contribution in [-0.2, 0) is 5.75 Å². The summed E-state index contributed by atoms with van der Waals surface area (Å²) in [5.74, 6) is -0.0706. The van der Waals surface area contributed by atoms with Gasteiger partial charge in [-0.3, -0.25) is 4.98 Å². The predicted octanol–water partition coefficient (Wildman–Crippen LogP) is 4.65. The quantitative estimate of drug-likeness (QED) is 0.601. The molecule has 8 heteroatoms. The van der Waals surface area contributed by atoms with Gasteiger partial charge >= 0.3 is 0 Å². The molecule has 0 radical (unpaired) electrons. The molecular formula is C11H10Cl2FN3S2. The Labute approximate surface area is 126 Å². The highest BCUT2D eigenvalue weighted by Gasteiger charge is 2.27. The fourth-order valence-electron chi connectivity index (χ4n) is 1.43. The van der Waals surface area contributed by atoms with Gasteiger partial charge in [0.25, 0.3) is 0 Å². The van der Waals surface area contributed by atoms with E-state index in [-0.39, 0.29) is 10.8 Å². The Morgan fingerprint density at radius 2 is 2.11 bits per heavy atom. The molecule has 0 amide bonds. The van der Waals surface area contributed by atoms with Crippen molar-refractivity contribution in [3.63, 3.8) is 0 Å². The fraction of sp³-hybridized carbons (Fsp3) is 0.182. The molecule has 0 fully saturated rings. The van der Waals surface area contributed by atoms with Crippen molar-refractivity contribution in [1.82, 2.24) is 15.0 Å². The van der Waals surface area contributed by atoms with Gasteiger partial charge in [0.15, 0.2) is 0 Å². The molecular weight excluding hydrogens is 328 g/mol. The molecule has 2 aromatic rings. The predicted molar refractivity (Wildman–Crippen MR) is 79.6 cm³/mol. The first-order chi connectivity index (χ1) is 9.04. The average Bonchev–Trinajstić information content (AvgIpc) is 2.42. The fourth-order valence-corrected chi connectivity index (χ4v) is 4.16. The van der Waals surface area contributed by atoms with Gasteiger partial charge in [0.1, 0.15) is 11.4 Å². The second-order valence-corrected chi connectivity index (χ2v) is 8.09. The van der Waals surface area contributed by atoms with Gasteiger partial charge in [-0.15, -0.1) is 11.8 Å². The third kappa shape index (κ3) is 3.51. The maximum absolute atomic E-state index is 14.6. The van der Waals surface area contributed by atoms with E-state index in [0.717, 1.165) is 4.90 Å². The Morgan fingerprint density at radius 3 is 2.74 bits per heavy atom. The van der Waals surface area contributed by atoms with E-state index in [9.17, 15) is 3.89 Å². The zero-order valence-electron chi connectivity index (χ0n) is 9.89. The molecule has 0 bridgehead atoms. The van der Waals surface area contributed by atoms with Crippen LogP contribution in [0.3, 0.4) is 0 Å². The molecule has 2 aromatic heterocycles. The third-order valence-corrected chi connectivity index (χ3v) is 5.93. The van der Waals surface area contributed by atoms with Gasteiger partial charge in [-0.25, -0.2) is 9.97 Å². The van der Waals surface area contributed by atoms with Gasteiger partial charge < -0.3 is 0 Å². The summed E-state index contributed by atoms with van der Waals surface area (Å²) in [7, 11) is 2.89. The van der Waals surface area contributed by atoms with Crippen molar-refractivity contribution in [2.24, 2.45) is 0 Å².